The Bertz CT molecular complexity index is 847. The number of aliphatic hydroxyl groups excluding tert-OH is 1. The SMILES string of the molecule is CCO[Si](CCCCCCCCCCOCCCOCCCCC(=O)OCCC[N+](C)([CH-]c1ccccc1)CCCO)(OCC)OCC. The fourth-order valence-electron chi connectivity index (χ4n) is 5.80. The number of ether oxygens (including phenoxy) is 3. The molecular weight excluding hydrogens is 627 g/mol. The topological polar surface area (TPSA) is 92.7 Å². The molecule has 0 fully saturated rings. The van der Waals surface area contributed by atoms with Crippen molar-refractivity contribution in [1.29, 1.82) is 0 Å². The molecular formula is C38H71NO8Si. The van der Waals surface area contributed by atoms with Crippen LogP contribution in [0.25, 0.3) is 0 Å². The second kappa shape index (κ2) is 30.3. The van der Waals surface area contributed by atoms with Crippen LogP contribution >= 0.6 is 0 Å². The van der Waals surface area contributed by atoms with Crippen molar-refractivity contribution >= 4 is 14.8 Å². The highest BCUT2D eigenvalue weighted by molar-refractivity contribution is 6.60. The lowest BCUT2D eigenvalue weighted by atomic mass is 10.1. The van der Waals surface area contributed by atoms with Crippen molar-refractivity contribution in [3.63, 3.8) is 0 Å². The Hall–Kier alpha value is -1.50. The number of unbranched alkanes of at least 4 members (excludes halogenated alkanes) is 8. The van der Waals surface area contributed by atoms with E-state index in [-0.39, 0.29) is 12.6 Å². The number of hydrogen-bond acceptors (Lipinski definition) is 8. The summed E-state index contributed by atoms with van der Waals surface area (Å²) in [5.41, 5.74) is 1.16. The van der Waals surface area contributed by atoms with Crippen LogP contribution in [-0.2, 0) is 32.3 Å². The Morgan fingerprint density at radius 1 is 0.667 bits per heavy atom. The first-order chi connectivity index (χ1) is 23.4. The van der Waals surface area contributed by atoms with Crippen molar-refractivity contribution in [2.45, 2.75) is 117 Å². The van der Waals surface area contributed by atoms with Crippen molar-refractivity contribution in [3.8, 4) is 0 Å². The molecule has 0 spiro atoms. The molecule has 0 aromatic heterocycles. The summed E-state index contributed by atoms with van der Waals surface area (Å²) in [5, 5.41) is 9.31. The quantitative estimate of drug-likeness (QED) is 0.0254. The van der Waals surface area contributed by atoms with Crippen LogP contribution in [0.15, 0.2) is 30.3 Å². The van der Waals surface area contributed by atoms with Crippen LogP contribution in [0.4, 0.5) is 0 Å². The average molecular weight is 698 g/mol. The summed E-state index contributed by atoms with van der Waals surface area (Å²) in [7, 11) is -0.313. The first kappa shape index (κ1) is 44.5. The minimum atomic E-state index is -2.47. The molecule has 9 nitrogen and oxygen atoms in total. The van der Waals surface area contributed by atoms with E-state index in [2.05, 4.69) is 25.7 Å². The van der Waals surface area contributed by atoms with Crippen LogP contribution in [0.5, 0.6) is 0 Å². The van der Waals surface area contributed by atoms with Crippen molar-refractivity contribution in [3.05, 3.63) is 42.4 Å². The maximum Gasteiger partial charge on any atom is 0.500 e. The van der Waals surface area contributed by atoms with Crippen molar-refractivity contribution in [2.24, 2.45) is 0 Å². The van der Waals surface area contributed by atoms with Gasteiger partial charge in [-0.05, 0) is 59.4 Å². The zero-order chi connectivity index (χ0) is 35.0. The van der Waals surface area contributed by atoms with E-state index in [0.717, 1.165) is 82.9 Å². The number of benzene rings is 1. The minimum absolute atomic E-state index is 0.137. The molecule has 1 atom stereocenters. The standard InChI is InChI=1S/C38H71NO8Si/c1-5-45-48(46-6-2,47-7-3)35-20-13-11-9-8-10-12-18-30-42-32-23-33-43-31-19-17-26-38(41)44-34-22-28-39(4,27-21-29-40)36-37-24-15-14-16-25-37/h14-16,24-25,36,40H,5-13,17-23,26-35H2,1-4H3. The van der Waals surface area contributed by atoms with E-state index in [1.165, 1.54) is 38.5 Å². The van der Waals surface area contributed by atoms with Gasteiger partial charge in [-0.3, -0.25) is 4.79 Å². The van der Waals surface area contributed by atoms with Gasteiger partial charge in [-0.15, -0.1) is 17.7 Å². The van der Waals surface area contributed by atoms with Gasteiger partial charge in [0, 0.05) is 78.2 Å². The van der Waals surface area contributed by atoms with Crippen molar-refractivity contribution < 1.29 is 41.9 Å². The van der Waals surface area contributed by atoms with Crippen LogP contribution < -0.4 is 0 Å². The smallest absolute Gasteiger partial charge is 0.465 e. The Morgan fingerprint density at radius 2 is 1.19 bits per heavy atom. The highest BCUT2D eigenvalue weighted by atomic mass is 28.4. The maximum absolute atomic E-state index is 12.2. The monoisotopic (exact) mass is 697 g/mol. The number of quaternary nitrogens is 1. The van der Waals surface area contributed by atoms with E-state index >= 15 is 0 Å². The lowest BCUT2D eigenvalue weighted by Crippen LogP contribution is -2.45. The van der Waals surface area contributed by atoms with E-state index in [4.69, 9.17) is 27.5 Å². The van der Waals surface area contributed by atoms with Gasteiger partial charge in [0.25, 0.3) is 0 Å². The third kappa shape index (κ3) is 23.8. The molecule has 1 N–H and O–H groups in total. The van der Waals surface area contributed by atoms with E-state index in [0.29, 0.717) is 50.5 Å². The normalized spacial score (nSPS) is 13.0. The average Bonchev–Trinajstić information content (AvgIpc) is 3.07. The van der Waals surface area contributed by atoms with Gasteiger partial charge in [0.2, 0.25) is 0 Å². The Morgan fingerprint density at radius 3 is 1.77 bits per heavy atom. The van der Waals surface area contributed by atoms with E-state index in [1.54, 1.807) is 0 Å². The molecule has 1 aromatic carbocycles. The van der Waals surface area contributed by atoms with Crippen LogP contribution in [0.3, 0.4) is 0 Å². The summed E-state index contributed by atoms with van der Waals surface area (Å²) in [4.78, 5) is 12.2. The first-order valence-electron chi connectivity index (χ1n) is 19.0. The van der Waals surface area contributed by atoms with E-state index in [9.17, 15) is 9.90 Å². The van der Waals surface area contributed by atoms with Crippen molar-refractivity contribution in [2.75, 3.05) is 79.6 Å². The maximum atomic E-state index is 12.2. The molecule has 0 saturated heterocycles. The van der Waals surface area contributed by atoms with Gasteiger partial charge in [0.05, 0.1) is 26.7 Å². The van der Waals surface area contributed by atoms with Crippen LogP contribution in [-0.4, -0.2) is 104 Å². The zero-order valence-electron chi connectivity index (χ0n) is 31.1. The first-order valence-corrected chi connectivity index (χ1v) is 20.9. The summed E-state index contributed by atoms with van der Waals surface area (Å²) in [6.07, 6.45) is 14.3. The number of nitrogens with zero attached hydrogens (tertiary/aromatic N) is 1. The lowest BCUT2D eigenvalue weighted by molar-refractivity contribution is -0.878. The summed E-state index contributed by atoms with van der Waals surface area (Å²) in [5.74, 6) is -0.137. The fourth-order valence-corrected chi connectivity index (χ4v) is 8.49. The Labute approximate surface area is 294 Å². The molecule has 1 unspecified atom stereocenters. The molecule has 10 heteroatoms. The molecule has 0 radical (unpaired) electrons. The van der Waals surface area contributed by atoms with Gasteiger partial charge in [-0.25, -0.2) is 0 Å². The molecule has 1 rings (SSSR count). The van der Waals surface area contributed by atoms with Gasteiger partial charge in [0.1, 0.15) is 0 Å². The minimum Gasteiger partial charge on any atom is -0.465 e. The molecule has 280 valence electrons. The molecule has 0 aliphatic rings. The molecule has 0 aliphatic heterocycles. The number of carbonyl (C=O) groups excluding carboxylic acids is 1. The fraction of sp³-hybridized carbons (Fsp3) is 0.789. The summed E-state index contributed by atoms with van der Waals surface area (Å²) >= 11 is 0. The highest BCUT2D eigenvalue weighted by Crippen LogP contribution is 2.21. The van der Waals surface area contributed by atoms with Gasteiger partial charge in [-0.1, -0.05) is 44.6 Å². The number of carbonyl (C=O) groups is 1. The Kier molecular flexibility index (Phi) is 28.1. The lowest BCUT2D eigenvalue weighted by Gasteiger charge is -2.38. The molecule has 0 saturated carbocycles. The molecule has 0 aliphatic carbocycles. The molecule has 1 aromatic rings. The molecule has 48 heavy (non-hydrogen) atoms. The van der Waals surface area contributed by atoms with Crippen LogP contribution in [0.1, 0.15) is 116 Å². The summed E-state index contributed by atoms with van der Waals surface area (Å²) in [6, 6.07) is 11.2. The summed E-state index contributed by atoms with van der Waals surface area (Å²) in [6.45, 7) is 15.4. The second-order valence-corrected chi connectivity index (χ2v) is 15.4. The highest BCUT2D eigenvalue weighted by Gasteiger charge is 2.39. The van der Waals surface area contributed by atoms with Crippen LogP contribution in [0.2, 0.25) is 6.04 Å². The van der Waals surface area contributed by atoms with Crippen molar-refractivity contribution in [1.82, 2.24) is 0 Å². The predicted molar refractivity (Wildman–Crippen MR) is 196 cm³/mol. The van der Waals surface area contributed by atoms with Gasteiger partial charge in [-0.2, -0.15) is 12.1 Å². The van der Waals surface area contributed by atoms with Crippen LogP contribution in [0, 0.1) is 6.54 Å². The second-order valence-electron chi connectivity index (χ2n) is 12.7. The zero-order valence-corrected chi connectivity index (χ0v) is 32.1. The third-order valence-corrected chi connectivity index (χ3v) is 11.4. The van der Waals surface area contributed by atoms with E-state index < -0.39 is 8.80 Å². The predicted octanol–water partition coefficient (Wildman–Crippen LogP) is 7.72. The Balaban J connectivity index is 1.91. The molecule has 0 bridgehead atoms. The van der Waals surface area contributed by atoms with E-state index in [1.807, 2.05) is 39.0 Å². The van der Waals surface area contributed by atoms with Gasteiger partial charge in [0.15, 0.2) is 0 Å². The number of rotatable bonds is 35. The van der Waals surface area contributed by atoms with Gasteiger partial charge < -0.3 is 37.1 Å². The number of aliphatic hydroxyl groups is 1. The molecule has 0 heterocycles. The molecule has 0 amide bonds. The number of esters is 1. The largest absolute Gasteiger partial charge is 0.500 e. The number of hydrogen-bond donors (Lipinski definition) is 1. The van der Waals surface area contributed by atoms with Gasteiger partial charge >= 0.3 is 14.8 Å². The third-order valence-electron chi connectivity index (χ3n) is 8.28. The summed E-state index contributed by atoms with van der Waals surface area (Å²) < 4.78 is 35.5.